The number of carbonyl (C=O) groups is 2. The Labute approximate surface area is 126 Å². The molecule has 0 aromatic heterocycles. The molecule has 6 nitrogen and oxygen atoms in total. The molecular weight excluding hydrogens is 272 g/mol. The van der Waals surface area contributed by atoms with Crippen molar-refractivity contribution in [3.05, 3.63) is 0 Å². The van der Waals surface area contributed by atoms with Crippen molar-refractivity contribution in [3.8, 4) is 0 Å². The molecule has 122 valence electrons. The summed E-state index contributed by atoms with van der Waals surface area (Å²) >= 11 is 0. The number of carboxylic acids is 1. The molecule has 2 atom stereocenters. The molecular formula is C15H28N2O4. The largest absolute Gasteiger partial charge is 0.481 e. The van der Waals surface area contributed by atoms with Gasteiger partial charge in [-0.3, -0.25) is 9.59 Å². The smallest absolute Gasteiger partial charge is 0.311 e. The molecule has 3 N–H and O–H groups in total. The minimum atomic E-state index is -1.06. The Morgan fingerprint density at radius 2 is 1.86 bits per heavy atom. The lowest BCUT2D eigenvalue weighted by molar-refractivity contribution is -0.152. The van der Waals surface area contributed by atoms with Crippen LogP contribution >= 0.6 is 0 Å². The number of rotatable bonds is 7. The quantitative estimate of drug-likeness (QED) is 0.653. The van der Waals surface area contributed by atoms with Crippen molar-refractivity contribution in [1.29, 1.82) is 0 Å². The molecule has 1 saturated heterocycles. The molecule has 0 aromatic rings. The topological polar surface area (TPSA) is 87.7 Å². The van der Waals surface area contributed by atoms with Crippen molar-refractivity contribution in [2.24, 2.45) is 11.3 Å². The minimum absolute atomic E-state index is 0.00584. The second-order valence-electron chi connectivity index (χ2n) is 6.75. The van der Waals surface area contributed by atoms with E-state index < -0.39 is 16.9 Å². The van der Waals surface area contributed by atoms with Crippen LogP contribution in [0.1, 0.15) is 41.0 Å². The highest BCUT2D eigenvalue weighted by Gasteiger charge is 2.46. The first-order valence-electron chi connectivity index (χ1n) is 7.50. The van der Waals surface area contributed by atoms with Crippen molar-refractivity contribution in [1.82, 2.24) is 10.6 Å². The van der Waals surface area contributed by atoms with E-state index in [0.717, 1.165) is 13.0 Å². The van der Waals surface area contributed by atoms with Gasteiger partial charge in [-0.1, -0.05) is 6.92 Å². The number of hydrogen-bond donors (Lipinski definition) is 3. The fourth-order valence-electron chi connectivity index (χ4n) is 2.17. The maximum Gasteiger partial charge on any atom is 0.311 e. The van der Waals surface area contributed by atoms with Crippen LogP contribution in [0.2, 0.25) is 0 Å². The van der Waals surface area contributed by atoms with Crippen LogP contribution in [0, 0.1) is 11.3 Å². The second kappa shape index (κ2) is 6.75. The van der Waals surface area contributed by atoms with E-state index in [1.807, 2.05) is 0 Å². The Morgan fingerprint density at radius 1 is 1.24 bits per heavy atom. The molecule has 1 amide bonds. The molecule has 0 saturated carbocycles. The van der Waals surface area contributed by atoms with Crippen LogP contribution in [0.15, 0.2) is 0 Å². The summed E-state index contributed by atoms with van der Waals surface area (Å²) in [6.07, 6.45) is 0.988. The van der Waals surface area contributed by atoms with Crippen molar-refractivity contribution in [2.45, 2.75) is 52.6 Å². The summed E-state index contributed by atoms with van der Waals surface area (Å²) < 4.78 is 5.40. The lowest BCUT2D eigenvalue weighted by atomic mass is 9.74. The van der Waals surface area contributed by atoms with Gasteiger partial charge in [0.25, 0.3) is 0 Å². The molecule has 21 heavy (non-hydrogen) atoms. The van der Waals surface area contributed by atoms with Crippen LogP contribution in [0.4, 0.5) is 0 Å². The van der Waals surface area contributed by atoms with Gasteiger partial charge in [-0.25, -0.2) is 0 Å². The van der Waals surface area contributed by atoms with Gasteiger partial charge in [0.1, 0.15) is 0 Å². The predicted molar refractivity (Wildman–Crippen MR) is 80.0 cm³/mol. The molecule has 0 bridgehead atoms. The van der Waals surface area contributed by atoms with Gasteiger partial charge in [-0.2, -0.15) is 0 Å². The van der Waals surface area contributed by atoms with E-state index in [4.69, 9.17) is 4.74 Å². The monoisotopic (exact) mass is 300 g/mol. The van der Waals surface area contributed by atoms with Crippen LogP contribution in [-0.2, 0) is 14.3 Å². The van der Waals surface area contributed by atoms with E-state index in [-0.39, 0.29) is 17.9 Å². The summed E-state index contributed by atoms with van der Waals surface area (Å²) in [6, 6.07) is -0.00584. The zero-order chi connectivity index (χ0) is 16.3. The molecule has 6 heteroatoms. The number of carbonyl (C=O) groups excluding carboxylic acids is 1. The molecule has 0 spiro atoms. The molecule has 0 radical (unpaired) electrons. The van der Waals surface area contributed by atoms with Crippen molar-refractivity contribution >= 4 is 11.9 Å². The fourth-order valence-corrected chi connectivity index (χ4v) is 2.17. The Bertz CT molecular complexity index is 393. The minimum Gasteiger partial charge on any atom is -0.481 e. The first kappa shape index (κ1) is 17.9. The summed E-state index contributed by atoms with van der Waals surface area (Å²) in [5.41, 5.74) is -1.91. The summed E-state index contributed by atoms with van der Waals surface area (Å²) in [7, 11) is 0. The summed E-state index contributed by atoms with van der Waals surface area (Å²) in [5.74, 6) is -1.36. The molecule has 1 heterocycles. The standard InChI is InChI=1S/C15H28N2O4/c1-6-7-16-11-9-21-8-10(11)12(18)17-15(4,5)14(2,3)13(19)20/h10-11,16H,6-9H2,1-5H3,(H,17,18)(H,19,20). The fraction of sp³-hybridized carbons (Fsp3) is 0.867. The first-order valence-corrected chi connectivity index (χ1v) is 7.50. The number of amides is 1. The van der Waals surface area contributed by atoms with Crippen molar-refractivity contribution in [3.63, 3.8) is 0 Å². The predicted octanol–water partition coefficient (Wildman–Crippen LogP) is 1.01. The summed E-state index contributed by atoms with van der Waals surface area (Å²) in [6.45, 7) is 10.5. The van der Waals surface area contributed by atoms with E-state index in [9.17, 15) is 14.7 Å². The van der Waals surface area contributed by atoms with Gasteiger partial charge >= 0.3 is 5.97 Å². The Morgan fingerprint density at radius 3 is 2.38 bits per heavy atom. The third kappa shape index (κ3) is 3.95. The van der Waals surface area contributed by atoms with Crippen molar-refractivity contribution in [2.75, 3.05) is 19.8 Å². The maximum atomic E-state index is 12.5. The lowest BCUT2D eigenvalue weighted by Gasteiger charge is -2.39. The lowest BCUT2D eigenvalue weighted by Crippen LogP contribution is -2.59. The number of ether oxygens (including phenoxy) is 1. The Hall–Kier alpha value is -1.14. The molecule has 1 rings (SSSR count). The van der Waals surface area contributed by atoms with E-state index in [1.165, 1.54) is 0 Å². The number of aliphatic carboxylic acids is 1. The average molecular weight is 300 g/mol. The summed E-state index contributed by atoms with van der Waals surface area (Å²) in [5, 5.41) is 15.5. The highest BCUT2D eigenvalue weighted by atomic mass is 16.5. The number of hydrogen-bond acceptors (Lipinski definition) is 4. The highest BCUT2D eigenvalue weighted by molar-refractivity contribution is 5.83. The van der Waals surface area contributed by atoms with Crippen LogP contribution < -0.4 is 10.6 Å². The van der Waals surface area contributed by atoms with Gasteiger partial charge in [-0.05, 0) is 40.7 Å². The highest BCUT2D eigenvalue weighted by Crippen LogP contribution is 2.31. The van der Waals surface area contributed by atoms with Gasteiger partial charge in [0.15, 0.2) is 0 Å². The Kier molecular flexibility index (Phi) is 5.75. The zero-order valence-electron chi connectivity index (χ0n) is 13.7. The Balaban J connectivity index is 2.73. The van der Waals surface area contributed by atoms with Gasteiger partial charge < -0.3 is 20.5 Å². The molecule has 2 unspecified atom stereocenters. The summed E-state index contributed by atoms with van der Waals surface area (Å²) in [4.78, 5) is 23.9. The average Bonchev–Trinajstić information content (AvgIpc) is 2.83. The maximum absolute atomic E-state index is 12.5. The van der Waals surface area contributed by atoms with Crippen LogP contribution in [0.5, 0.6) is 0 Å². The molecule has 0 aliphatic carbocycles. The van der Waals surface area contributed by atoms with E-state index in [2.05, 4.69) is 17.6 Å². The third-order valence-corrected chi connectivity index (χ3v) is 4.61. The first-order chi connectivity index (χ1) is 9.63. The van der Waals surface area contributed by atoms with Crippen LogP contribution in [0.3, 0.4) is 0 Å². The van der Waals surface area contributed by atoms with E-state index >= 15 is 0 Å². The molecule has 1 fully saturated rings. The number of carboxylic acid groups (broad SMARTS) is 1. The third-order valence-electron chi connectivity index (χ3n) is 4.61. The zero-order valence-corrected chi connectivity index (χ0v) is 13.7. The normalized spacial score (nSPS) is 23.1. The van der Waals surface area contributed by atoms with E-state index in [0.29, 0.717) is 13.2 Å². The van der Waals surface area contributed by atoms with Gasteiger partial charge in [-0.15, -0.1) is 0 Å². The molecule has 1 aliphatic heterocycles. The molecule has 1 aliphatic rings. The molecule has 0 aromatic carbocycles. The van der Waals surface area contributed by atoms with E-state index in [1.54, 1.807) is 27.7 Å². The van der Waals surface area contributed by atoms with Crippen molar-refractivity contribution < 1.29 is 19.4 Å². The number of nitrogens with one attached hydrogen (secondary N) is 2. The second-order valence-corrected chi connectivity index (χ2v) is 6.75. The SMILES string of the molecule is CCCNC1COCC1C(=O)NC(C)(C)C(C)(C)C(=O)O. The van der Waals surface area contributed by atoms with Gasteiger partial charge in [0, 0.05) is 11.6 Å². The van der Waals surface area contributed by atoms with Crippen LogP contribution in [0.25, 0.3) is 0 Å². The van der Waals surface area contributed by atoms with Crippen LogP contribution in [-0.4, -0.2) is 48.3 Å². The van der Waals surface area contributed by atoms with Gasteiger partial charge in [0.05, 0.1) is 24.5 Å². The van der Waals surface area contributed by atoms with Gasteiger partial charge in [0.2, 0.25) is 5.91 Å².